The zero-order chi connectivity index (χ0) is 12.3. The normalized spacial score (nSPS) is 18.7. The summed E-state index contributed by atoms with van der Waals surface area (Å²) in [5.41, 5.74) is 6.18. The van der Waals surface area contributed by atoms with Crippen LogP contribution in [0, 0.1) is 6.92 Å². The Hall–Kier alpha value is -1.46. The number of aromatic nitrogens is 1. The van der Waals surface area contributed by atoms with Gasteiger partial charge in [0.2, 0.25) is 5.91 Å². The molecule has 5 nitrogen and oxygen atoms in total. The molecule has 0 bridgehead atoms. The molecule has 2 rings (SSSR count). The van der Waals surface area contributed by atoms with Gasteiger partial charge in [-0.15, -0.1) is 0 Å². The molecular weight excluding hydrogens is 218 g/mol. The molecule has 1 saturated heterocycles. The van der Waals surface area contributed by atoms with Crippen molar-refractivity contribution in [3.63, 3.8) is 0 Å². The molecule has 1 aliphatic heterocycles. The summed E-state index contributed by atoms with van der Waals surface area (Å²) >= 11 is 0. The molecule has 0 unspecified atom stereocenters. The lowest BCUT2D eigenvalue weighted by Gasteiger charge is -2.31. The first-order valence-electron chi connectivity index (χ1n) is 5.71. The molecule has 1 fully saturated rings. The molecule has 92 valence electrons. The summed E-state index contributed by atoms with van der Waals surface area (Å²) in [4.78, 5) is 16.2. The minimum atomic E-state index is -0.831. The first-order chi connectivity index (χ1) is 8.12. The molecular formula is C12H17N3O2. The van der Waals surface area contributed by atoms with Gasteiger partial charge in [-0.05, 0) is 31.4 Å². The molecule has 0 spiro atoms. The van der Waals surface area contributed by atoms with Crippen molar-refractivity contribution in [3.8, 4) is 0 Å². The Morgan fingerprint density at radius 2 is 2.24 bits per heavy atom. The van der Waals surface area contributed by atoms with Crippen LogP contribution in [0.1, 0.15) is 18.4 Å². The maximum Gasteiger partial charge on any atom is 0.245 e. The molecule has 0 aromatic carbocycles. The predicted octanol–water partition coefficient (Wildman–Crippen LogP) is 0.836. The Morgan fingerprint density at radius 3 is 2.88 bits per heavy atom. The number of ether oxygens (including phenoxy) is 1. The van der Waals surface area contributed by atoms with Crippen molar-refractivity contribution in [2.24, 2.45) is 5.73 Å². The molecule has 0 radical (unpaired) electrons. The number of carbonyl (C=O) groups is 1. The van der Waals surface area contributed by atoms with Gasteiger partial charge in [-0.25, -0.2) is 4.98 Å². The predicted molar refractivity (Wildman–Crippen MR) is 64.6 cm³/mol. The van der Waals surface area contributed by atoms with Crippen LogP contribution in [0.5, 0.6) is 0 Å². The van der Waals surface area contributed by atoms with Crippen molar-refractivity contribution in [2.75, 3.05) is 18.5 Å². The van der Waals surface area contributed by atoms with Crippen molar-refractivity contribution in [3.05, 3.63) is 23.9 Å². The molecule has 1 amide bonds. The average Bonchev–Trinajstić information content (AvgIpc) is 2.33. The van der Waals surface area contributed by atoms with E-state index < -0.39 is 5.54 Å². The van der Waals surface area contributed by atoms with Crippen LogP contribution in [-0.2, 0) is 9.53 Å². The molecule has 5 heteroatoms. The zero-order valence-electron chi connectivity index (χ0n) is 9.90. The Kier molecular flexibility index (Phi) is 3.40. The van der Waals surface area contributed by atoms with Gasteiger partial charge in [-0.1, -0.05) is 6.07 Å². The Balaban J connectivity index is 2.08. The summed E-state index contributed by atoms with van der Waals surface area (Å²) < 4.78 is 5.21. The quantitative estimate of drug-likeness (QED) is 0.796. The Bertz CT molecular complexity index is 414. The lowest BCUT2D eigenvalue weighted by atomic mass is 9.90. The van der Waals surface area contributed by atoms with E-state index in [1.54, 1.807) is 6.20 Å². The van der Waals surface area contributed by atoms with E-state index in [2.05, 4.69) is 10.3 Å². The van der Waals surface area contributed by atoms with Crippen molar-refractivity contribution in [1.29, 1.82) is 0 Å². The van der Waals surface area contributed by atoms with Crippen LogP contribution >= 0.6 is 0 Å². The van der Waals surface area contributed by atoms with Gasteiger partial charge in [0.05, 0.1) is 0 Å². The molecule has 17 heavy (non-hydrogen) atoms. The maximum atomic E-state index is 12.1. The minimum absolute atomic E-state index is 0.178. The summed E-state index contributed by atoms with van der Waals surface area (Å²) in [5.74, 6) is 0.399. The highest BCUT2D eigenvalue weighted by Crippen LogP contribution is 2.20. The van der Waals surface area contributed by atoms with Crippen LogP contribution in [0.3, 0.4) is 0 Å². The number of nitrogens with two attached hydrogens (primary N) is 1. The van der Waals surface area contributed by atoms with E-state index in [9.17, 15) is 4.79 Å². The number of anilines is 1. The van der Waals surface area contributed by atoms with E-state index in [1.165, 1.54) is 0 Å². The molecule has 0 saturated carbocycles. The van der Waals surface area contributed by atoms with Gasteiger partial charge in [-0.3, -0.25) is 4.79 Å². The molecule has 1 aromatic rings. The van der Waals surface area contributed by atoms with Gasteiger partial charge < -0.3 is 15.8 Å². The molecule has 3 N–H and O–H groups in total. The highest BCUT2D eigenvalue weighted by Gasteiger charge is 2.36. The minimum Gasteiger partial charge on any atom is -0.381 e. The number of rotatable bonds is 2. The third kappa shape index (κ3) is 2.62. The number of pyridine rings is 1. The topological polar surface area (TPSA) is 77.2 Å². The van der Waals surface area contributed by atoms with Crippen molar-refractivity contribution < 1.29 is 9.53 Å². The van der Waals surface area contributed by atoms with Gasteiger partial charge in [0.1, 0.15) is 11.4 Å². The van der Waals surface area contributed by atoms with E-state index >= 15 is 0 Å². The summed E-state index contributed by atoms with van der Waals surface area (Å²) in [6, 6.07) is 3.73. The summed E-state index contributed by atoms with van der Waals surface area (Å²) in [6.07, 6.45) is 2.74. The van der Waals surface area contributed by atoms with Gasteiger partial charge >= 0.3 is 0 Å². The fraction of sp³-hybridized carbons (Fsp3) is 0.500. The number of nitrogens with zero attached hydrogens (tertiary/aromatic N) is 1. The fourth-order valence-corrected chi connectivity index (χ4v) is 1.81. The number of hydrogen-bond donors (Lipinski definition) is 2. The third-order valence-corrected chi connectivity index (χ3v) is 3.08. The van der Waals surface area contributed by atoms with E-state index in [1.807, 2.05) is 19.1 Å². The van der Waals surface area contributed by atoms with E-state index in [-0.39, 0.29) is 5.91 Å². The van der Waals surface area contributed by atoms with Crippen molar-refractivity contribution in [2.45, 2.75) is 25.3 Å². The average molecular weight is 235 g/mol. The van der Waals surface area contributed by atoms with Gasteiger partial charge in [-0.2, -0.15) is 0 Å². The zero-order valence-corrected chi connectivity index (χ0v) is 9.90. The Morgan fingerprint density at radius 1 is 1.53 bits per heavy atom. The second-order valence-corrected chi connectivity index (χ2v) is 4.39. The third-order valence-electron chi connectivity index (χ3n) is 3.08. The van der Waals surface area contributed by atoms with Crippen molar-refractivity contribution >= 4 is 11.7 Å². The number of amides is 1. The second-order valence-electron chi connectivity index (χ2n) is 4.39. The molecule has 0 aliphatic carbocycles. The van der Waals surface area contributed by atoms with Crippen LogP contribution in [-0.4, -0.2) is 29.6 Å². The molecule has 2 heterocycles. The van der Waals surface area contributed by atoms with Gasteiger partial charge in [0.15, 0.2) is 0 Å². The molecule has 1 aromatic heterocycles. The fourth-order valence-electron chi connectivity index (χ4n) is 1.81. The standard InChI is InChI=1S/C12H17N3O2/c1-9-3-2-6-14-10(9)15-11(16)12(13)4-7-17-8-5-12/h2-3,6H,4-5,7-8,13H2,1H3,(H,14,15,16). The smallest absolute Gasteiger partial charge is 0.245 e. The number of nitrogens with one attached hydrogen (secondary N) is 1. The second kappa shape index (κ2) is 4.81. The van der Waals surface area contributed by atoms with Crippen LogP contribution in [0.25, 0.3) is 0 Å². The maximum absolute atomic E-state index is 12.1. The lowest BCUT2D eigenvalue weighted by Crippen LogP contribution is -2.54. The van der Waals surface area contributed by atoms with Crippen molar-refractivity contribution in [1.82, 2.24) is 4.98 Å². The SMILES string of the molecule is Cc1cccnc1NC(=O)C1(N)CCOCC1. The lowest BCUT2D eigenvalue weighted by molar-refractivity contribution is -0.124. The summed E-state index contributed by atoms with van der Waals surface area (Å²) in [7, 11) is 0. The first-order valence-corrected chi connectivity index (χ1v) is 5.71. The number of aryl methyl sites for hydroxylation is 1. The number of carbonyl (C=O) groups excluding carboxylic acids is 1. The van der Waals surface area contributed by atoms with Crippen LogP contribution < -0.4 is 11.1 Å². The largest absolute Gasteiger partial charge is 0.381 e. The Labute approximate surface area is 100 Å². The van der Waals surface area contributed by atoms with E-state index in [4.69, 9.17) is 10.5 Å². The van der Waals surface area contributed by atoms with Crippen LogP contribution in [0.4, 0.5) is 5.82 Å². The molecule has 0 atom stereocenters. The molecule has 1 aliphatic rings. The van der Waals surface area contributed by atoms with Gasteiger partial charge in [0.25, 0.3) is 0 Å². The highest BCUT2D eigenvalue weighted by molar-refractivity contribution is 5.97. The van der Waals surface area contributed by atoms with Gasteiger partial charge in [0, 0.05) is 19.4 Å². The van der Waals surface area contributed by atoms with Crippen LogP contribution in [0.15, 0.2) is 18.3 Å². The summed E-state index contributed by atoms with van der Waals surface area (Å²) in [6.45, 7) is 2.96. The highest BCUT2D eigenvalue weighted by atomic mass is 16.5. The number of hydrogen-bond acceptors (Lipinski definition) is 4. The van der Waals surface area contributed by atoms with E-state index in [0.717, 1.165) is 5.56 Å². The monoisotopic (exact) mass is 235 g/mol. The first kappa shape index (κ1) is 12.0. The van der Waals surface area contributed by atoms with E-state index in [0.29, 0.717) is 31.9 Å². The van der Waals surface area contributed by atoms with Crippen LogP contribution in [0.2, 0.25) is 0 Å². The summed E-state index contributed by atoms with van der Waals surface area (Å²) in [5, 5.41) is 2.79.